The zero-order valence-corrected chi connectivity index (χ0v) is 11.7. The molecule has 0 aromatic carbocycles. The molecule has 1 aromatic rings. The fraction of sp³-hybridized carbons (Fsp3) is 0.692. The number of nitrogens with one attached hydrogen (secondary N) is 1. The first kappa shape index (κ1) is 12.1. The van der Waals surface area contributed by atoms with Gasteiger partial charge in [0.15, 0.2) is 5.17 Å². The van der Waals surface area contributed by atoms with Crippen LogP contribution >= 0.6 is 11.8 Å². The number of aryl methyl sites for hydroxylation is 1. The van der Waals surface area contributed by atoms with Crippen molar-refractivity contribution in [3.63, 3.8) is 0 Å². The van der Waals surface area contributed by atoms with Gasteiger partial charge in [-0.05, 0) is 32.6 Å². The molecule has 0 amide bonds. The Morgan fingerprint density at radius 1 is 1.50 bits per heavy atom. The highest BCUT2D eigenvalue weighted by Crippen LogP contribution is 2.35. The lowest BCUT2D eigenvalue weighted by Crippen LogP contribution is -2.31. The fourth-order valence-electron chi connectivity index (χ4n) is 2.65. The quantitative estimate of drug-likeness (QED) is 0.893. The Morgan fingerprint density at radius 3 is 3.17 bits per heavy atom. The number of nitrogens with zero attached hydrogens (tertiary/aromatic N) is 2. The highest BCUT2D eigenvalue weighted by Gasteiger charge is 2.31. The van der Waals surface area contributed by atoms with Crippen molar-refractivity contribution in [2.24, 2.45) is 10.9 Å². The fourth-order valence-corrected chi connectivity index (χ4v) is 3.88. The van der Waals surface area contributed by atoms with Gasteiger partial charge in [-0.3, -0.25) is 4.99 Å². The van der Waals surface area contributed by atoms with Crippen LogP contribution in [-0.2, 0) is 0 Å². The van der Waals surface area contributed by atoms with Gasteiger partial charge in [0, 0.05) is 5.75 Å². The van der Waals surface area contributed by atoms with Gasteiger partial charge in [-0.15, -0.1) is 0 Å². The summed E-state index contributed by atoms with van der Waals surface area (Å²) in [5.41, 5.74) is 0. The van der Waals surface area contributed by atoms with Crippen molar-refractivity contribution in [3.8, 4) is 0 Å². The van der Waals surface area contributed by atoms with Crippen LogP contribution in [0.5, 0.6) is 0 Å². The van der Waals surface area contributed by atoms with Crippen molar-refractivity contribution in [1.29, 1.82) is 0 Å². The van der Waals surface area contributed by atoms with E-state index in [-0.39, 0.29) is 6.04 Å². The molecule has 3 unspecified atom stereocenters. The molecular weight excluding hydrogens is 246 g/mol. The van der Waals surface area contributed by atoms with Crippen LogP contribution in [0.2, 0.25) is 0 Å². The molecule has 0 spiro atoms. The van der Waals surface area contributed by atoms with E-state index in [0.717, 1.165) is 22.7 Å². The molecule has 2 aliphatic rings. The maximum Gasteiger partial charge on any atom is 0.216 e. The standard InChI is InChI=1S/C13H19N3OS/c1-8-6-14-12(17-8)9(2)15-13-16-11-5-3-4-10(11)7-18-13/h6,9-11H,3-5,7H2,1-2H3,(H,15,16). The Labute approximate surface area is 112 Å². The third-order valence-corrected chi connectivity index (χ3v) is 4.78. The summed E-state index contributed by atoms with van der Waals surface area (Å²) in [6.07, 6.45) is 5.70. The number of oxazole rings is 1. The van der Waals surface area contributed by atoms with Crippen molar-refractivity contribution in [2.75, 3.05) is 5.75 Å². The smallest absolute Gasteiger partial charge is 0.216 e. The summed E-state index contributed by atoms with van der Waals surface area (Å²) in [6, 6.07) is 0.634. The minimum atomic E-state index is 0.0860. The molecule has 4 nitrogen and oxygen atoms in total. The van der Waals surface area contributed by atoms with Gasteiger partial charge in [0.25, 0.3) is 0 Å². The molecule has 1 saturated carbocycles. The average Bonchev–Trinajstić information content (AvgIpc) is 2.96. The van der Waals surface area contributed by atoms with Gasteiger partial charge in [-0.25, -0.2) is 4.98 Å². The van der Waals surface area contributed by atoms with Crippen LogP contribution in [0.1, 0.15) is 43.9 Å². The summed E-state index contributed by atoms with van der Waals surface area (Å²) < 4.78 is 5.54. The summed E-state index contributed by atoms with van der Waals surface area (Å²) in [5.74, 6) is 3.60. The third-order valence-electron chi connectivity index (χ3n) is 3.69. The van der Waals surface area contributed by atoms with Crippen molar-refractivity contribution in [1.82, 2.24) is 10.3 Å². The lowest BCUT2D eigenvalue weighted by atomic mass is 10.1. The van der Waals surface area contributed by atoms with Gasteiger partial charge in [0.1, 0.15) is 11.8 Å². The Bertz CT molecular complexity index is 457. The van der Waals surface area contributed by atoms with Gasteiger partial charge in [-0.2, -0.15) is 0 Å². The van der Waals surface area contributed by atoms with E-state index in [1.165, 1.54) is 25.0 Å². The van der Waals surface area contributed by atoms with Gasteiger partial charge in [-0.1, -0.05) is 18.2 Å². The van der Waals surface area contributed by atoms with Crippen LogP contribution in [-0.4, -0.2) is 21.9 Å². The normalized spacial score (nSPS) is 28.7. The molecule has 5 heteroatoms. The first-order valence-electron chi connectivity index (χ1n) is 6.62. The SMILES string of the molecule is Cc1cnc(C(C)NC2=NC3CCCC3CS2)o1. The molecule has 0 radical (unpaired) electrons. The number of fused-ring (bicyclic) bond motifs is 1. The number of aromatic nitrogens is 1. The molecule has 98 valence electrons. The van der Waals surface area contributed by atoms with Crippen LogP contribution < -0.4 is 5.32 Å². The number of rotatable bonds is 2. The van der Waals surface area contributed by atoms with Crippen molar-refractivity contribution in [3.05, 3.63) is 17.8 Å². The summed E-state index contributed by atoms with van der Waals surface area (Å²) in [4.78, 5) is 9.07. The van der Waals surface area contributed by atoms with Gasteiger partial charge < -0.3 is 9.73 Å². The number of thioether (sulfide) groups is 1. The van der Waals surface area contributed by atoms with E-state index in [1.807, 2.05) is 18.7 Å². The minimum absolute atomic E-state index is 0.0860. The molecule has 1 aliphatic carbocycles. The van der Waals surface area contributed by atoms with Crippen LogP contribution in [0.15, 0.2) is 15.6 Å². The van der Waals surface area contributed by atoms with E-state index in [0.29, 0.717) is 6.04 Å². The monoisotopic (exact) mass is 265 g/mol. The molecule has 18 heavy (non-hydrogen) atoms. The predicted octanol–water partition coefficient (Wildman–Crippen LogP) is 2.91. The summed E-state index contributed by atoms with van der Waals surface area (Å²) >= 11 is 1.84. The van der Waals surface area contributed by atoms with Crippen LogP contribution in [0, 0.1) is 12.8 Å². The molecule has 3 atom stereocenters. The van der Waals surface area contributed by atoms with E-state index >= 15 is 0 Å². The topological polar surface area (TPSA) is 50.4 Å². The zero-order valence-electron chi connectivity index (χ0n) is 10.8. The lowest BCUT2D eigenvalue weighted by Gasteiger charge is -2.24. The molecule has 3 rings (SSSR count). The van der Waals surface area contributed by atoms with E-state index in [9.17, 15) is 0 Å². The lowest BCUT2D eigenvalue weighted by molar-refractivity contribution is 0.429. The van der Waals surface area contributed by atoms with Crippen LogP contribution in [0.25, 0.3) is 0 Å². The summed E-state index contributed by atoms with van der Waals surface area (Å²) in [6.45, 7) is 3.98. The van der Waals surface area contributed by atoms with Gasteiger partial charge in [0.2, 0.25) is 5.89 Å². The van der Waals surface area contributed by atoms with Crippen molar-refractivity contribution < 1.29 is 4.42 Å². The Morgan fingerprint density at radius 2 is 2.39 bits per heavy atom. The molecule has 1 N–H and O–H groups in total. The first-order chi connectivity index (χ1) is 8.72. The van der Waals surface area contributed by atoms with Crippen molar-refractivity contribution >= 4 is 16.9 Å². The Balaban J connectivity index is 1.66. The summed E-state index contributed by atoms with van der Waals surface area (Å²) in [7, 11) is 0. The third kappa shape index (κ3) is 2.41. The second kappa shape index (κ2) is 4.96. The molecular formula is C13H19N3OS. The maximum atomic E-state index is 5.54. The average molecular weight is 265 g/mol. The number of amidine groups is 1. The number of hydrogen-bond acceptors (Lipinski definition) is 5. The van der Waals surface area contributed by atoms with Gasteiger partial charge >= 0.3 is 0 Å². The Kier molecular flexibility index (Phi) is 3.33. The summed E-state index contributed by atoms with van der Waals surface area (Å²) in [5, 5.41) is 4.47. The second-order valence-electron chi connectivity index (χ2n) is 5.18. The molecule has 1 aromatic heterocycles. The second-order valence-corrected chi connectivity index (χ2v) is 6.19. The van der Waals surface area contributed by atoms with Crippen LogP contribution in [0.3, 0.4) is 0 Å². The first-order valence-corrected chi connectivity index (χ1v) is 7.60. The predicted molar refractivity (Wildman–Crippen MR) is 73.8 cm³/mol. The highest BCUT2D eigenvalue weighted by molar-refractivity contribution is 8.13. The van der Waals surface area contributed by atoms with Crippen molar-refractivity contribution in [2.45, 2.75) is 45.2 Å². The maximum absolute atomic E-state index is 5.54. The largest absolute Gasteiger partial charge is 0.444 e. The zero-order chi connectivity index (χ0) is 12.5. The minimum Gasteiger partial charge on any atom is -0.444 e. The van der Waals surface area contributed by atoms with E-state index in [1.54, 1.807) is 6.20 Å². The van der Waals surface area contributed by atoms with E-state index < -0.39 is 0 Å². The number of hydrogen-bond donors (Lipinski definition) is 1. The highest BCUT2D eigenvalue weighted by atomic mass is 32.2. The van der Waals surface area contributed by atoms with E-state index in [4.69, 9.17) is 9.41 Å². The molecule has 1 fully saturated rings. The molecule has 0 saturated heterocycles. The molecule has 0 bridgehead atoms. The molecule has 2 heterocycles. The van der Waals surface area contributed by atoms with E-state index in [2.05, 4.69) is 17.2 Å². The number of aliphatic imine (C=N–C) groups is 1. The van der Waals surface area contributed by atoms with Crippen LogP contribution in [0.4, 0.5) is 0 Å². The van der Waals surface area contributed by atoms with Gasteiger partial charge in [0.05, 0.1) is 12.2 Å². The molecule has 1 aliphatic heterocycles. The Hall–Kier alpha value is -0.970.